The van der Waals surface area contributed by atoms with Crippen LogP contribution in [-0.2, 0) is 16.8 Å². The van der Waals surface area contributed by atoms with Crippen molar-refractivity contribution in [3.63, 3.8) is 0 Å². The molecule has 4 rings (SSSR count). The normalized spacial score (nSPS) is 11.3. The van der Waals surface area contributed by atoms with Gasteiger partial charge in [0.1, 0.15) is 0 Å². The van der Waals surface area contributed by atoms with Gasteiger partial charge in [-0.15, -0.1) is 0 Å². The number of benzene rings is 2. The Bertz CT molecular complexity index is 1340. The van der Waals surface area contributed by atoms with Crippen LogP contribution < -0.4 is 9.32 Å². The van der Waals surface area contributed by atoms with Gasteiger partial charge in [-0.25, -0.2) is 4.98 Å². The molecule has 0 radical (unpaired) electrons. The first kappa shape index (κ1) is 18.6. The van der Waals surface area contributed by atoms with Crippen LogP contribution >= 0.6 is 0 Å². The van der Waals surface area contributed by atoms with E-state index in [4.69, 9.17) is 5.14 Å². The van der Waals surface area contributed by atoms with E-state index in [-0.39, 0.29) is 5.75 Å². The standard InChI is InChI=1S/C20H15N5O3S/c21-10-15-6-5-14(12-25-13-24-19-3-1-2-4-20(19)25)9-17(15)18-8-7-16(11-23-18)28-29(22,26)27/h1-9,11,13H,12H2,(H2,22,26,27). The minimum absolute atomic E-state index is 0.00389. The van der Waals surface area contributed by atoms with E-state index in [0.29, 0.717) is 23.4 Å². The van der Waals surface area contributed by atoms with Crippen molar-refractivity contribution in [1.82, 2.24) is 14.5 Å². The van der Waals surface area contributed by atoms with Gasteiger partial charge in [0, 0.05) is 12.1 Å². The molecule has 0 spiro atoms. The molecule has 8 nitrogen and oxygen atoms in total. The number of aromatic nitrogens is 3. The van der Waals surface area contributed by atoms with E-state index >= 15 is 0 Å². The highest BCUT2D eigenvalue weighted by atomic mass is 32.2. The number of imidazole rings is 1. The lowest BCUT2D eigenvalue weighted by Gasteiger charge is -2.09. The van der Waals surface area contributed by atoms with Crippen molar-refractivity contribution in [2.24, 2.45) is 5.14 Å². The van der Waals surface area contributed by atoms with Crippen LogP contribution in [-0.4, -0.2) is 23.0 Å². The van der Waals surface area contributed by atoms with Gasteiger partial charge in [-0.3, -0.25) is 4.98 Å². The summed E-state index contributed by atoms with van der Waals surface area (Å²) in [7, 11) is -4.12. The van der Waals surface area contributed by atoms with Crippen molar-refractivity contribution in [3.8, 4) is 23.1 Å². The Balaban J connectivity index is 1.68. The van der Waals surface area contributed by atoms with Crippen LogP contribution in [0.4, 0.5) is 0 Å². The number of pyridine rings is 1. The summed E-state index contributed by atoms with van der Waals surface area (Å²) in [6.07, 6.45) is 3.02. The first-order valence-corrected chi connectivity index (χ1v) is 10.0. The van der Waals surface area contributed by atoms with Crippen LogP contribution in [0.1, 0.15) is 11.1 Å². The van der Waals surface area contributed by atoms with Gasteiger partial charge in [0.15, 0.2) is 5.75 Å². The molecule has 2 aromatic heterocycles. The summed E-state index contributed by atoms with van der Waals surface area (Å²) in [4.78, 5) is 8.61. The zero-order chi connectivity index (χ0) is 20.4. The molecular weight excluding hydrogens is 390 g/mol. The zero-order valence-electron chi connectivity index (χ0n) is 15.1. The minimum Gasteiger partial charge on any atom is -0.369 e. The highest BCUT2D eigenvalue weighted by Crippen LogP contribution is 2.26. The molecule has 0 aliphatic rings. The molecule has 0 aliphatic heterocycles. The lowest BCUT2D eigenvalue weighted by molar-refractivity contribution is 0.486. The molecular formula is C20H15N5O3S. The highest BCUT2D eigenvalue weighted by molar-refractivity contribution is 7.84. The molecule has 0 aliphatic carbocycles. The van der Waals surface area contributed by atoms with E-state index in [0.717, 1.165) is 16.6 Å². The molecule has 0 unspecified atom stereocenters. The summed E-state index contributed by atoms with van der Waals surface area (Å²) in [5.41, 5.74) is 4.50. The monoisotopic (exact) mass is 405 g/mol. The zero-order valence-corrected chi connectivity index (χ0v) is 15.9. The number of rotatable bonds is 5. The van der Waals surface area contributed by atoms with Crippen LogP contribution in [0.5, 0.6) is 5.75 Å². The van der Waals surface area contributed by atoms with Crippen molar-refractivity contribution in [2.45, 2.75) is 6.54 Å². The van der Waals surface area contributed by atoms with Gasteiger partial charge in [-0.05, 0) is 42.0 Å². The van der Waals surface area contributed by atoms with Gasteiger partial charge < -0.3 is 8.75 Å². The number of hydrogen-bond acceptors (Lipinski definition) is 6. The number of nitriles is 1. The Hall–Kier alpha value is -3.74. The fourth-order valence-electron chi connectivity index (χ4n) is 3.06. The maximum Gasteiger partial charge on any atom is 0.380 e. The first-order valence-electron chi connectivity index (χ1n) is 8.54. The molecule has 2 N–H and O–H groups in total. The lowest BCUT2D eigenvalue weighted by Crippen LogP contribution is -2.19. The number of hydrogen-bond donors (Lipinski definition) is 1. The average molecular weight is 405 g/mol. The predicted molar refractivity (Wildman–Crippen MR) is 107 cm³/mol. The second kappa shape index (κ2) is 7.35. The lowest BCUT2D eigenvalue weighted by atomic mass is 10.0. The third kappa shape index (κ3) is 4.08. The molecule has 0 bridgehead atoms. The Morgan fingerprint density at radius 1 is 1.10 bits per heavy atom. The summed E-state index contributed by atoms with van der Waals surface area (Å²) >= 11 is 0. The molecule has 0 saturated carbocycles. The fourth-order valence-corrected chi connectivity index (χ4v) is 3.42. The largest absolute Gasteiger partial charge is 0.380 e. The maximum atomic E-state index is 11.0. The number of fused-ring (bicyclic) bond motifs is 1. The van der Waals surface area contributed by atoms with Gasteiger partial charge >= 0.3 is 10.3 Å². The summed E-state index contributed by atoms with van der Waals surface area (Å²) < 4.78 is 28.7. The van der Waals surface area contributed by atoms with Crippen LogP contribution in [0.3, 0.4) is 0 Å². The summed E-state index contributed by atoms with van der Waals surface area (Å²) in [5, 5.41) is 14.3. The second-order valence-electron chi connectivity index (χ2n) is 6.31. The molecule has 4 aromatic rings. The Kier molecular flexibility index (Phi) is 4.72. The summed E-state index contributed by atoms with van der Waals surface area (Å²) in [6, 6.07) is 18.5. The molecule has 29 heavy (non-hydrogen) atoms. The number of nitrogens with two attached hydrogens (primary N) is 1. The van der Waals surface area contributed by atoms with Gasteiger partial charge in [-0.2, -0.15) is 18.8 Å². The summed E-state index contributed by atoms with van der Waals surface area (Å²) in [5.74, 6) is -0.00389. The minimum atomic E-state index is -4.12. The number of nitrogens with zero attached hydrogens (tertiary/aromatic N) is 4. The van der Waals surface area contributed by atoms with Gasteiger partial charge in [0.25, 0.3) is 0 Å². The van der Waals surface area contributed by atoms with Gasteiger partial charge in [0.05, 0.1) is 40.9 Å². The summed E-state index contributed by atoms with van der Waals surface area (Å²) in [6.45, 7) is 0.575. The van der Waals surface area contributed by atoms with Crippen molar-refractivity contribution >= 4 is 21.3 Å². The van der Waals surface area contributed by atoms with E-state index < -0.39 is 10.3 Å². The van der Waals surface area contributed by atoms with Gasteiger partial charge in [0.2, 0.25) is 0 Å². The van der Waals surface area contributed by atoms with E-state index in [1.807, 2.05) is 41.0 Å². The Morgan fingerprint density at radius 2 is 1.93 bits per heavy atom. The van der Waals surface area contributed by atoms with Crippen LogP contribution in [0.2, 0.25) is 0 Å². The molecule has 0 saturated heterocycles. The van der Waals surface area contributed by atoms with Crippen LogP contribution in [0, 0.1) is 11.3 Å². The van der Waals surface area contributed by atoms with Crippen LogP contribution in [0.15, 0.2) is 67.1 Å². The van der Waals surface area contributed by atoms with Crippen molar-refractivity contribution in [3.05, 3.63) is 78.2 Å². The highest BCUT2D eigenvalue weighted by Gasteiger charge is 2.11. The SMILES string of the molecule is N#Cc1ccc(Cn2cnc3ccccc32)cc1-c1ccc(OS(N)(=O)=O)cn1. The maximum absolute atomic E-state index is 11.0. The first-order chi connectivity index (χ1) is 13.9. The van der Waals surface area contributed by atoms with Crippen molar-refractivity contribution in [1.29, 1.82) is 5.26 Å². The quantitative estimate of drug-likeness (QED) is 0.544. The second-order valence-corrected chi connectivity index (χ2v) is 7.46. The fraction of sp³-hybridized carbons (Fsp3) is 0.0500. The van der Waals surface area contributed by atoms with Crippen molar-refractivity contribution < 1.29 is 12.6 Å². The molecule has 9 heteroatoms. The third-order valence-electron chi connectivity index (χ3n) is 4.31. The molecule has 2 aromatic carbocycles. The third-order valence-corrected chi connectivity index (χ3v) is 4.73. The Labute approximate surface area is 167 Å². The van der Waals surface area contributed by atoms with Crippen LogP contribution in [0.25, 0.3) is 22.3 Å². The Morgan fingerprint density at radius 3 is 2.66 bits per heavy atom. The predicted octanol–water partition coefficient (Wildman–Crippen LogP) is 2.60. The molecule has 0 amide bonds. The van der Waals surface area contributed by atoms with Gasteiger partial charge in [-0.1, -0.05) is 18.2 Å². The van der Waals surface area contributed by atoms with E-state index in [9.17, 15) is 13.7 Å². The van der Waals surface area contributed by atoms with E-state index in [2.05, 4.69) is 20.2 Å². The van der Waals surface area contributed by atoms with Crippen molar-refractivity contribution in [2.75, 3.05) is 0 Å². The van der Waals surface area contributed by atoms with E-state index in [1.54, 1.807) is 18.5 Å². The molecule has 0 fully saturated rings. The van der Waals surface area contributed by atoms with E-state index in [1.165, 1.54) is 12.3 Å². The average Bonchev–Trinajstić information content (AvgIpc) is 3.10. The smallest absolute Gasteiger partial charge is 0.369 e. The topological polar surface area (TPSA) is 124 Å². The molecule has 2 heterocycles. The molecule has 144 valence electrons. The molecule has 0 atom stereocenters. The number of para-hydroxylation sites is 2.